The topological polar surface area (TPSA) is 110 Å². The van der Waals surface area contributed by atoms with E-state index in [0.717, 1.165) is 67.3 Å². The van der Waals surface area contributed by atoms with Crippen LogP contribution >= 0.6 is 0 Å². The maximum Gasteiger partial charge on any atom is 0.276 e. The van der Waals surface area contributed by atoms with Gasteiger partial charge in [0.25, 0.3) is 5.91 Å². The normalized spacial score (nSPS) is 14.5. The molecule has 1 aliphatic heterocycles. The van der Waals surface area contributed by atoms with Crippen molar-refractivity contribution in [1.82, 2.24) is 39.6 Å². The van der Waals surface area contributed by atoms with Gasteiger partial charge in [-0.2, -0.15) is 5.10 Å². The molecule has 0 spiro atoms. The Hall–Kier alpha value is -4.12. The van der Waals surface area contributed by atoms with Gasteiger partial charge >= 0.3 is 0 Å². The molecule has 1 N–H and O–H groups in total. The van der Waals surface area contributed by atoms with Crippen LogP contribution in [0.1, 0.15) is 56.0 Å². The highest BCUT2D eigenvalue weighted by atomic mass is 16.2. The predicted octanol–water partition coefficient (Wildman–Crippen LogP) is 3.94. The van der Waals surface area contributed by atoms with Crippen molar-refractivity contribution in [2.45, 2.75) is 53.0 Å². The number of anilines is 2. The molecule has 0 bridgehead atoms. The molecule has 210 valence electrons. The molecule has 0 unspecified atom stereocenters. The first-order chi connectivity index (χ1) is 19.1. The van der Waals surface area contributed by atoms with Crippen molar-refractivity contribution in [2.75, 3.05) is 43.4 Å². The molecule has 0 saturated carbocycles. The number of pyridine rings is 2. The van der Waals surface area contributed by atoms with Crippen LogP contribution in [0.25, 0.3) is 16.9 Å². The number of piperazine rings is 1. The lowest BCUT2D eigenvalue weighted by atomic mass is 10.1. The Bertz CT molecular complexity index is 1490. The number of nitrogens with zero attached hydrogens (tertiary/aromatic N) is 9. The van der Waals surface area contributed by atoms with Crippen molar-refractivity contribution >= 4 is 17.3 Å². The smallest absolute Gasteiger partial charge is 0.276 e. The molecular weight excluding hydrogens is 504 g/mol. The minimum absolute atomic E-state index is 0.216. The highest BCUT2D eigenvalue weighted by molar-refractivity contribution is 6.03. The fourth-order valence-corrected chi connectivity index (χ4v) is 4.88. The third-order valence-corrected chi connectivity index (χ3v) is 7.10. The molecule has 1 amide bonds. The molecule has 0 aromatic carbocycles. The van der Waals surface area contributed by atoms with Gasteiger partial charge in [-0.1, -0.05) is 18.6 Å². The summed E-state index contributed by atoms with van der Waals surface area (Å²) in [5, 5.41) is 16.4. The number of carbonyl (C=O) groups is 1. The maximum atomic E-state index is 13.2. The summed E-state index contributed by atoms with van der Waals surface area (Å²) in [5.41, 5.74) is 5.96. The molecule has 0 aliphatic carbocycles. The Labute approximate surface area is 235 Å². The van der Waals surface area contributed by atoms with Gasteiger partial charge in [0, 0.05) is 43.6 Å². The minimum Gasteiger partial charge on any atom is -0.368 e. The lowest BCUT2D eigenvalue weighted by Crippen LogP contribution is -2.44. The van der Waals surface area contributed by atoms with Crippen LogP contribution < -0.4 is 10.2 Å². The standard InChI is InChI=1S/C29H38N10O/c1-7-8-23-15-25(34-39(23)29(3,4)5)28(40)32-22-14-27(20(2)31-17-22)38-19-26(33-35-38)21-13-24(18-30-16-21)37-11-9-36(6)10-12-37/h13-19H,7-12H2,1-6H3,(H,32,40). The van der Waals surface area contributed by atoms with Crippen molar-refractivity contribution in [3.63, 3.8) is 0 Å². The fourth-order valence-electron chi connectivity index (χ4n) is 4.88. The predicted molar refractivity (Wildman–Crippen MR) is 156 cm³/mol. The first-order valence-electron chi connectivity index (χ1n) is 13.8. The second-order valence-corrected chi connectivity index (χ2v) is 11.4. The second-order valence-electron chi connectivity index (χ2n) is 11.4. The zero-order chi connectivity index (χ0) is 28.4. The molecule has 1 fully saturated rings. The number of amides is 1. The van der Waals surface area contributed by atoms with Crippen molar-refractivity contribution < 1.29 is 4.79 Å². The number of likely N-dealkylation sites (N-methyl/N-ethyl adjacent to an activating group) is 1. The zero-order valence-corrected chi connectivity index (χ0v) is 24.2. The van der Waals surface area contributed by atoms with E-state index in [-0.39, 0.29) is 11.4 Å². The van der Waals surface area contributed by atoms with E-state index in [2.05, 4.69) is 81.3 Å². The van der Waals surface area contributed by atoms with Crippen molar-refractivity contribution in [1.29, 1.82) is 0 Å². The highest BCUT2D eigenvalue weighted by Gasteiger charge is 2.22. The van der Waals surface area contributed by atoms with Crippen molar-refractivity contribution in [3.8, 4) is 16.9 Å². The van der Waals surface area contributed by atoms with Crippen LogP contribution in [0.4, 0.5) is 11.4 Å². The van der Waals surface area contributed by atoms with Crippen LogP contribution in [-0.2, 0) is 12.0 Å². The van der Waals surface area contributed by atoms with Gasteiger partial charge < -0.3 is 15.1 Å². The van der Waals surface area contributed by atoms with Gasteiger partial charge in [0.15, 0.2) is 5.69 Å². The third kappa shape index (κ3) is 5.89. The molecule has 0 atom stereocenters. The third-order valence-electron chi connectivity index (χ3n) is 7.10. The maximum absolute atomic E-state index is 13.2. The minimum atomic E-state index is -0.275. The van der Waals surface area contributed by atoms with Gasteiger partial charge in [-0.3, -0.25) is 19.4 Å². The molecule has 4 aromatic rings. The van der Waals surface area contributed by atoms with Crippen LogP contribution in [0.5, 0.6) is 0 Å². The summed E-state index contributed by atoms with van der Waals surface area (Å²) in [4.78, 5) is 26.8. The molecule has 40 heavy (non-hydrogen) atoms. The molecule has 1 aliphatic rings. The van der Waals surface area contributed by atoms with Gasteiger partial charge in [-0.15, -0.1) is 5.10 Å². The molecule has 11 heteroatoms. The molecular formula is C29H38N10O. The average molecular weight is 543 g/mol. The van der Waals surface area contributed by atoms with E-state index < -0.39 is 0 Å². The average Bonchev–Trinajstić information content (AvgIpc) is 3.59. The molecule has 0 radical (unpaired) electrons. The monoisotopic (exact) mass is 542 g/mol. The van der Waals surface area contributed by atoms with Crippen molar-refractivity contribution in [3.05, 3.63) is 60.1 Å². The number of hydrogen-bond acceptors (Lipinski definition) is 8. The van der Waals surface area contributed by atoms with Gasteiger partial charge in [0.05, 0.1) is 46.9 Å². The number of nitrogens with one attached hydrogen (secondary N) is 1. The SMILES string of the molecule is CCCc1cc(C(=O)Nc2cnc(C)c(-n3cc(-c4cncc(N5CCN(C)CC5)c4)nn3)c2)nn1C(C)(C)C. The first-order valence-corrected chi connectivity index (χ1v) is 13.8. The molecule has 5 heterocycles. The summed E-state index contributed by atoms with van der Waals surface area (Å²) >= 11 is 0. The largest absolute Gasteiger partial charge is 0.368 e. The Morgan fingerprint density at radius 2 is 1.82 bits per heavy atom. The van der Waals surface area contributed by atoms with Crippen LogP contribution in [0.15, 0.2) is 43.0 Å². The fraction of sp³-hybridized carbons (Fsp3) is 0.448. The summed E-state index contributed by atoms with van der Waals surface area (Å²) in [5.74, 6) is -0.275. The molecule has 11 nitrogen and oxygen atoms in total. The van der Waals surface area contributed by atoms with Gasteiger partial charge in [-0.05, 0) is 59.4 Å². The van der Waals surface area contributed by atoms with E-state index >= 15 is 0 Å². The van der Waals surface area contributed by atoms with E-state index in [1.165, 1.54) is 0 Å². The van der Waals surface area contributed by atoms with Gasteiger partial charge in [-0.25, -0.2) is 4.68 Å². The molecule has 1 saturated heterocycles. The second kappa shape index (κ2) is 11.2. The number of rotatable bonds is 7. The van der Waals surface area contributed by atoms with Crippen molar-refractivity contribution in [2.24, 2.45) is 0 Å². The van der Waals surface area contributed by atoms with E-state index in [1.54, 1.807) is 17.1 Å². The molecule has 5 rings (SSSR count). The number of hydrogen-bond donors (Lipinski definition) is 1. The van der Waals surface area contributed by atoms with E-state index in [4.69, 9.17) is 0 Å². The Kier molecular flexibility index (Phi) is 7.66. The Balaban J connectivity index is 1.35. The quantitative estimate of drug-likeness (QED) is 0.374. The summed E-state index contributed by atoms with van der Waals surface area (Å²) in [7, 11) is 2.14. The Morgan fingerprint density at radius 1 is 1.05 bits per heavy atom. The first kappa shape index (κ1) is 27.4. The van der Waals surface area contributed by atoms with Gasteiger partial charge in [0.2, 0.25) is 0 Å². The molecule has 4 aromatic heterocycles. The lowest BCUT2D eigenvalue weighted by molar-refractivity contribution is 0.102. The van der Waals surface area contributed by atoms with E-state index in [0.29, 0.717) is 17.1 Å². The Morgan fingerprint density at radius 3 is 2.55 bits per heavy atom. The van der Waals surface area contributed by atoms with E-state index in [9.17, 15) is 4.79 Å². The summed E-state index contributed by atoms with van der Waals surface area (Å²) in [6.07, 6.45) is 9.04. The number of carbonyl (C=O) groups excluding carboxylic acids is 1. The summed E-state index contributed by atoms with van der Waals surface area (Å²) in [6.45, 7) is 14.3. The van der Waals surface area contributed by atoms with Crippen LogP contribution in [0, 0.1) is 6.92 Å². The zero-order valence-electron chi connectivity index (χ0n) is 24.2. The van der Waals surface area contributed by atoms with Gasteiger partial charge in [0.1, 0.15) is 5.69 Å². The van der Waals surface area contributed by atoms with Crippen LogP contribution in [-0.4, -0.2) is 78.8 Å². The highest BCUT2D eigenvalue weighted by Crippen LogP contribution is 2.25. The summed E-state index contributed by atoms with van der Waals surface area (Å²) in [6, 6.07) is 5.84. The summed E-state index contributed by atoms with van der Waals surface area (Å²) < 4.78 is 3.62. The van der Waals surface area contributed by atoms with Crippen LogP contribution in [0.3, 0.4) is 0 Å². The number of aryl methyl sites for hydroxylation is 2. The van der Waals surface area contributed by atoms with Crippen LogP contribution in [0.2, 0.25) is 0 Å². The van der Waals surface area contributed by atoms with E-state index in [1.807, 2.05) is 36.1 Å². The number of aromatic nitrogens is 7. The lowest BCUT2D eigenvalue weighted by Gasteiger charge is -2.33.